The van der Waals surface area contributed by atoms with Crippen molar-refractivity contribution < 1.29 is 0 Å². The summed E-state index contributed by atoms with van der Waals surface area (Å²) < 4.78 is 4.86. The second-order valence-corrected chi connectivity index (χ2v) is 11.2. The number of nitrogens with zero attached hydrogens (tertiary/aromatic N) is 3. The van der Waals surface area contributed by atoms with Gasteiger partial charge in [-0.25, -0.2) is 4.98 Å². The molecule has 186 valence electrons. The molecule has 2 heterocycles. The SMILES string of the molecule is CC(C)Cc1cc2c3ccccc3n(C)c2c(CC(C)C)c1-n1c(-c2ccccc2)nc2ccccc21. The van der Waals surface area contributed by atoms with E-state index in [2.05, 4.69) is 129 Å². The van der Waals surface area contributed by atoms with Crippen LogP contribution in [0.2, 0.25) is 0 Å². The maximum Gasteiger partial charge on any atom is 0.145 e. The average molecular weight is 486 g/mol. The first-order valence-electron chi connectivity index (χ1n) is 13.5. The molecule has 0 fully saturated rings. The molecule has 37 heavy (non-hydrogen) atoms. The van der Waals surface area contributed by atoms with Gasteiger partial charge in [-0.1, -0.05) is 88.4 Å². The smallest absolute Gasteiger partial charge is 0.145 e. The normalized spacial score (nSPS) is 12.1. The molecular weight excluding hydrogens is 450 g/mol. The van der Waals surface area contributed by atoms with Gasteiger partial charge in [0.25, 0.3) is 0 Å². The zero-order valence-electron chi connectivity index (χ0n) is 22.5. The molecule has 6 aromatic rings. The number of aryl methyl sites for hydroxylation is 1. The molecule has 2 aromatic heterocycles. The van der Waals surface area contributed by atoms with E-state index in [0.29, 0.717) is 11.8 Å². The number of fused-ring (bicyclic) bond motifs is 4. The number of benzene rings is 4. The van der Waals surface area contributed by atoms with Crippen LogP contribution in [0.15, 0.2) is 84.9 Å². The van der Waals surface area contributed by atoms with Gasteiger partial charge in [0.15, 0.2) is 0 Å². The molecule has 3 heteroatoms. The lowest BCUT2D eigenvalue weighted by Gasteiger charge is -2.23. The van der Waals surface area contributed by atoms with Gasteiger partial charge < -0.3 is 4.57 Å². The minimum Gasteiger partial charge on any atom is -0.343 e. The highest BCUT2D eigenvalue weighted by molar-refractivity contribution is 6.10. The topological polar surface area (TPSA) is 22.8 Å². The van der Waals surface area contributed by atoms with E-state index < -0.39 is 0 Å². The molecule has 0 radical (unpaired) electrons. The molecule has 0 N–H and O–H groups in total. The van der Waals surface area contributed by atoms with Crippen LogP contribution in [0.3, 0.4) is 0 Å². The van der Waals surface area contributed by atoms with Crippen molar-refractivity contribution in [1.82, 2.24) is 14.1 Å². The summed E-state index contributed by atoms with van der Waals surface area (Å²) in [7, 11) is 2.23. The summed E-state index contributed by atoms with van der Waals surface area (Å²) in [5.41, 5.74) is 10.1. The zero-order chi connectivity index (χ0) is 25.7. The van der Waals surface area contributed by atoms with Gasteiger partial charge >= 0.3 is 0 Å². The quantitative estimate of drug-likeness (QED) is 0.231. The van der Waals surface area contributed by atoms with Gasteiger partial charge in [0.2, 0.25) is 0 Å². The fourth-order valence-corrected chi connectivity index (χ4v) is 5.99. The van der Waals surface area contributed by atoms with Gasteiger partial charge in [-0.15, -0.1) is 0 Å². The zero-order valence-corrected chi connectivity index (χ0v) is 22.5. The monoisotopic (exact) mass is 485 g/mol. The summed E-state index contributed by atoms with van der Waals surface area (Å²) in [5.74, 6) is 2.06. The predicted octanol–water partition coefficient (Wildman–Crippen LogP) is 8.73. The second-order valence-electron chi connectivity index (χ2n) is 11.2. The third-order valence-corrected chi connectivity index (χ3v) is 7.40. The summed E-state index contributed by atoms with van der Waals surface area (Å²) in [6.45, 7) is 9.31. The van der Waals surface area contributed by atoms with Crippen molar-refractivity contribution in [2.24, 2.45) is 18.9 Å². The van der Waals surface area contributed by atoms with Crippen molar-refractivity contribution in [3.05, 3.63) is 96.1 Å². The highest BCUT2D eigenvalue weighted by atomic mass is 15.1. The summed E-state index contributed by atoms with van der Waals surface area (Å²) >= 11 is 0. The highest BCUT2D eigenvalue weighted by Crippen LogP contribution is 2.40. The number of hydrogen-bond acceptors (Lipinski definition) is 1. The van der Waals surface area contributed by atoms with E-state index in [-0.39, 0.29) is 0 Å². The van der Waals surface area contributed by atoms with Gasteiger partial charge in [-0.2, -0.15) is 0 Å². The molecule has 0 bridgehead atoms. The van der Waals surface area contributed by atoms with Crippen LogP contribution in [-0.4, -0.2) is 14.1 Å². The summed E-state index contributed by atoms with van der Waals surface area (Å²) in [4.78, 5) is 5.20. The summed E-state index contributed by atoms with van der Waals surface area (Å²) in [6.07, 6.45) is 2.02. The Hall–Kier alpha value is -3.85. The fraction of sp³-hybridized carbons (Fsp3) is 0.265. The molecule has 4 aromatic carbocycles. The average Bonchev–Trinajstić information content (AvgIpc) is 3.40. The Bertz CT molecular complexity index is 1730. The molecule has 0 saturated heterocycles. The Labute approximate surface area is 219 Å². The van der Waals surface area contributed by atoms with Crippen LogP contribution in [0.1, 0.15) is 38.8 Å². The van der Waals surface area contributed by atoms with E-state index in [1.54, 1.807) is 0 Å². The summed E-state index contributed by atoms with van der Waals surface area (Å²) in [6, 6.07) is 30.5. The standard InChI is InChI=1S/C34H35N3/c1-22(2)19-25-21-27-26-15-9-11-17-30(26)36(5)33(27)28(20-23(3)4)32(25)37-31-18-12-10-16-29(31)35-34(37)24-13-7-6-8-14-24/h6-18,21-23H,19-20H2,1-5H3. The lowest BCUT2D eigenvalue weighted by atomic mass is 9.91. The fourth-order valence-electron chi connectivity index (χ4n) is 5.99. The molecule has 6 rings (SSSR count). The maximum atomic E-state index is 5.20. The van der Waals surface area contributed by atoms with Crippen LogP contribution >= 0.6 is 0 Å². The third kappa shape index (κ3) is 3.94. The van der Waals surface area contributed by atoms with E-state index >= 15 is 0 Å². The van der Waals surface area contributed by atoms with Gasteiger partial charge in [0.1, 0.15) is 5.82 Å². The number of aromatic nitrogens is 3. The Kier molecular flexibility index (Phi) is 5.87. The molecule has 0 saturated carbocycles. The van der Waals surface area contributed by atoms with Crippen molar-refractivity contribution in [3.63, 3.8) is 0 Å². The molecule has 0 unspecified atom stereocenters. The first-order chi connectivity index (χ1) is 17.9. The van der Waals surface area contributed by atoms with Gasteiger partial charge in [-0.05, 0) is 54.5 Å². The number of imidazole rings is 1. The Morgan fingerprint density at radius 1 is 0.703 bits per heavy atom. The molecule has 0 aliphatic carbocycles. The van der Waals surface area contributed by atoms with Crippen molar-refractivity contribution in [3.8, 4) is 17.1 Å². The highest BCUT2D eigenvalue weighted by Gasteiger charge is 2.25. The van der Waals surface area contributed by atoms with Crippen LogP contribution in [0.5, 0.6) is 0 Å². The lowest BCUT2D eigenvalue weighted by Crippen LogP contribution is -2.11. The Morgan fingerprint density at radius 2 is 1.35 bits per heavy atom. The van der Waals surface area contributed by atoms with Crippen molar-refractivity contribution >= 4 is 32.8 Å². The van der Waals surface area contributed by atoms with Crippen LogP contribution in [0, 0.1) is 11.8 Å². The third-order valence-electron chi connectivity index (χ3n) is 7.40. The van der Waals surface area contributed by atoms with E-state index in [1.807, 2.05) is 0 Å². The first-order valence-corrected chi connectivity index (χ1v) is 13.5. The van der Waals surface area contributed by atoms with E-state index in [0.717, 1.165) is 35.3 Å². The minimum atomic E-state index is 0.518. The lowest BCUT2D eigenvalue weighted by molar-refractivity contribution is 0.633. The molecule has 0 aliphatic heterocycles. The number of rotatable bonds is 6. The molecule has 0 amide bonds. The largest absolute Gasteiger partial charge is 0.343 e. The summed E-state index contributed by atoms with van der Waals surface area (Å²) in [5, 5.41) is 2.69. The molecule has 0 atom stereocenters. The van der Waals surface area contributed by atoms with E-state index in [1.165, 1.54) is 38.6 Å². The molecule has 0 spiro atoms. The second kappa shape index (κ2) is 9.23. The predicted molar refractivity (Wildman–Crippen MR) is 158 cm³/mol. The van der Waals surface area contributed by atoms with Gasteiger partial charge in [0.05, 0.1) is 22.2 Å². The van der Waals surface area contributed by atoms with Gasteiger partial charge in [0, 0.05) is 34.5 Å². The Morgan fingerprint density at radius 3 is 2.08 bits per heavy atom. The van der Waals surface area contributed by atoms with Crippen LogP contribution in [0.4, 0.5) is 0 Å². The maximum absolute atomic E-state index is 5.20. The van der Waals surface area contributed by atoms with Crippen LogP contribution < -0.4 is 0 Å². The Balaban J connectivity index is 1.82. The van der Waals surface area contributed by atoms with Crippen molar-refractivity contribution in [1.29, 1.82) is 0 Å². The number of hydrogen-bond donors (Lipinski definition) is 0. The number of para-hydroxylation sites is 3. The molecule has 3 nitrogen and oxygen atoms in total. The molecular formula is C34H35N3. The van der Waals surface area contributed by atoms with Crippen LogP contribution in [0.25, 0.3) is 49.9 Å². The van der Waals surface area contributed by atoms with Crippen molar-refractivity contribution in [2.45, 2.75) is 40.5 Å². The van der Waals surface area contributed by atoms with Gasteiger partial charge in [-0.3, -0.25) is 4.57 Å². The first kappa shape index (κ1) is 23.5. The van der Waals surface area contributed by atoms with Crippen LogP contribution in [-0.2, 0) is 19.9 Å². The van der Waals surface area contributed by atoms with Crippen molar-refractivity contribution in [2.75, 3.05) is 0 Å². The molecule has 0 aliphatic rings. The van der Waals surface area contributed by atoms with E-state index in [4.69, 9.17) is 4.98 Å². The minimum absolute atomic E-state index is 0.518. The van der Waals surface area contributed by atoms with E-state index in [9.17, 15) is 0 Å².